The van der Waals surface area contributed by atoms with Crippen LogP contribution in [0.15, 0.2) is 12.1 Å². The van der Waals surface area contributed by atoms with Gasteiger partial charge < -0.3 is 0 Å². The molecule has 1 rings (SSSR count). The molecule has 0 aliphatic heterocycles. The fourth-order valence-electron chi connectivity index (χ4n) is 1.92. The molecule has 0 spiro atoms. The van der Waals surface area contributed by atoms with Crippen LogP contribution in [0.5, 0.6) is 0 Å². The second kappa shape index (κ2) is 4.69. The summed E-state index contributed by atoms with van der Waals surface area (Å²) in [4.78, 5) is 0. The SMILES string of the molecule is CC[C@@H](c1c(F)cc(F)cc1F)C(C)C. The first kappa shape index (κ1) is 12.1. The normalized spacial score (nSPS) is 13.3. The molecule has 0 aliphatic rings. The molecule has 0 radical (unpaired) electrons. The van der Waals surface area contributed by atoms with Gasteiger partial charge in [0.15, 0.2) is 0 Å². The minimum Gasteiger partial charge on any atom is -0.207 e. The molecular formula is C12H15F3. The molecule has 1 aromatic carbocycles. The Morgan fingerprint density at radius 3 is 1.87 bits per heavy atom. The summed E-state index contributed by atoms with van der Waals surface area (Å²) >= 11 is 0. The largest absolute Gasteiger partial charge is 0.207 e. The Kier molecular flexibility index (Phi) is 3.77. The van der Waals surface area contributed by atoms with Crippen molar-refractivity contribution < 1.29 is 13.2 Å². The number of hydrogen-bond acceptors (Lipinski definition) is 0. The highest BCUT2D eigenvalue weighted by molar-refractivity contribution is 5.25. The minimum absolute atomic E-state index is 0.00824. The van der Waals surface area contributed by atoms with Crippen molar-refractivity contribution in [2.24, 2.45) is 5.92 Å². The summed E-state index contributed by atoms with van der Waals surface area (Å²) in [5.41, 5.74) is 0.00824. The molecule has 15 heavy (non-hydrogen) atoms. The molecule has 1 aromatic rings. The smallest absolute Gasteiger partial charge is 0.132 e. The molecule has 0 aromatic heterocycles. The Bertz CT molecular complexity index is 322. The number of halogens is 3. The van der Waals surface area contributed by atoms with Gasteiger partial charge in [-0.2, -0.15) is 0 Å². The van der Waals surface area contributed by atoms with E-state index in [1.807, 2.05) is 20.8 Å². The minimum atomic E-state index is -0.868. The highest BCUT2D eigenvalue weighted by Gasteiger charge is 2.22. The molecule has 0 aliphatic carbocycles. The first-order valence-corrected chi connectivity index (χ1v) is 5.11. The zero-order valence-corrected chi connectivity index (χ0v) is 9.15. The van der Waals surface area contributed by atoms with E-state index >= 15 is 0 Å². The summed E-state index contributed by atoms with van der Waals surface area (Å²) in [5, 5.41) is 0. The van der Waals surface area contributed by atoms with Crippen LogP contribution in [0.25, 0.3) is 0 Å². The zero-order valence-electron chi connectivity index (χ0n) is 9.15. The van der Waals surface area contributed by atoms with Crippen molar-refractivity contribution in [1.29, 1.82) is 0 Å². The van der Waals surface area contributed by atoms with Crippen LogP contribution in [-0.4, -0.2) is 0 Å². The Morgan fingerprint density at radius 1 is 1.07 bits per heavy atom. The predicted molar refractivity (Wildman–Crippen MR) is 54.2 cm³/mol. The molecule has 1 atom stereocenters. The van der Waals surface area contributed by atoms with E-state index in [2.05, 4.69) is 0 Å². The van der Waals surface area contributed by atoms with Gasteiger partial charge in [-0.05, 0) is 18.3 Å². The third-order valence-electron chi connectivity index (χ3n) is 2.66. The lowest BCUT2D eigenvalue weighted by atomic mass is 9.86. The topological polar surface area (TPSA) is 0 Å². The first-order valence-electron chi connectivity index (χ1n) is 5.11. The Morgan fingerprint density at radius 2 is 1.53 bits per heavy atom. The number of hydrogen-bond donors (Lipinski definition) is 0. The molecule has 0 N–H and O–H groups in total. The van der Waals surface area contributed by atoms with Gasteiger partial charge in [0.2, 0.25) is 0 Å². The summed E-state index contributed by atoms with van der Waals surface area (Å²) in [6, 6.07) is 1.48. The standard InChI is InChI=1S/C12H15F3/c1-4-9(7(2)3)12-10(14)5-8(13)6-11(12)15/h5-7,9H,4H2,1-3H3/t9-/m1/s1. The van der Waals surface area contributed by atoms with E-state index in [0.717, 1.165) is 12.1 Å². The molecule has 0 amide bonds. The third kappa shape index (κ3) is 2.52. The van der Waals surface area contributed by atoms with E-state index in [0.29, 0.717) is 6.42 Å². The Labute approximate surface area is 88.1 Å². The van der Waals surface area contributed by atoms with E-state index in [9.17, 15) is 13.2 Å². The van der Waals surface area contributed by atoms with Gasteiger partial charge in [-0.3, -0.25) is 0 Å². The molecule has 0 saturated heterocycles. The summed E-state index contributed by atoms with van der Waals surface area (Å²) in [5.74, 6) is -2.51. The average Bonchev–Trinajstić information content (AvgIpc) is 2.09. The lowest BCUT2D eigenvalue weighted by Crippen LogP contribution is -2.10. The van der Waals surface area contributed by atoms with Gasteiger partial charge in [0.1, 0.15) is 17.5 Å². The third-order valence-corrected chi connectivity index (χ3v) is 2.66. The van der Waals surface area contributed by atoms with E-state index in [-0.39, 0.29) is 17.4 Å². The van der Waals surface area contributed by atoms with Gasteiger partial charge >= 0.3 is 0 Å². The van der Waals surface area contributed by atoms with E-state index in [1.54, 1.807) is 0 Å². The van der Waals surface area contributed by atoms with E-state index in [1.165, 1.54) is 0 Å². The first-order chi connectivity index (χ1) is 6.97. The van der Waals surface area contributed by atoms with Crippen molar-refractivity contribution in [3.8, 4) is 0 Å². The molecule has 0 fully saturated rings. The van der Waals surface area contributed by atoms with Gasteiger partial charge in [0, 0.05) is 17.7 Å². The summed E-state index contributed by atoms with van der Waals surface area (Å²) in [6.45, 7) is 5.67. The molecule has 0 nitrogen and oxygen atoms in total. The second-order valence-electron chi connectivity index (χ2n) is 4.04. The van der Waals surface area contributed by atoms with Gasteiger partial charge in [0.25, 0.3) is 0 Å². The van der Waals surface area contributed by atoms with Crippen LogP contribution in [0, 0.1) is 23.4 Å². The molecular weight excluding hydrogens is 201 g/mol. The second-order valence-corrected chi connectivity index (χ2v) is 4.04. The maximum absolute atomic E-state index is 13.4. The highest BCUT2D eigenvalue weighted by atomic mass is 19.1. The van der Waals surface area contributed by atoms with Crippen molar-refractivity contribution in [3.63, 3.8) is 0 Å². The molecule has 84 valence electrons. The van der Waals surface area contributed by atoms with Gasteiger partial charge in [-0.25, -0.2) is 13.2 Å². The van der Waals surface area contributed by atoms with Crippen LogP contribution in [0.4, 0.5) is 13.2 Å². The summed E-state index contributed by atoms with van der Waals surface area (Å²) in [6.07, 6.45) is 0.636. The van der Waals surface area contributed by atoms with Crippen LogP contribution >= 0.6 is 0 Å². The maximum atomic E-state index is 13.4. The summed E-state index contributed by atoms with van der Waals surface area (Å²) < 4.78 is 39.6. The Balaban J connectivity index is 3.23. The maximum Gasteiger partial charge on any atom is 0.132 e. The van der Waals surface area contributed by atoms with Crippen LogP contribution < -0.4 is 0 Å². The van der Waals surface area contributed by atoms with E-state index < -0.39 is 17.5 Å². The van der Waals surface area contributed by atoms with Crippen molar-refractivity contribution in [2.75, 3.05) is 0 Å². The fraction of sp³-hybridized carbons (Fsp3) is 0.500. The number of rotatable bonds is 3. The highest BCUT2D eigenvalue weighted by Crippen LogP contribution is 2.31. The quantitative estimate of drug-likeness (QED) is 0.708. The van der Waals surface area contributed by atoms with Gasteiger partial charge in [-0.1, -0.05) is 20.8 Å². The molecule has 0 unspecified atom stereocenters. The average molecular weight is 216 g/mol. The predicted octanol–water partition coefficient (Wildman–Crippen LogP) is 4.25. The van der Waals surface area contributed by atoms with E-state index in [4.69, 9.17) is 0 Å². The molecule has 3 heteroatoms. The lowest BCUT2D eigenvalue weighted by Gasteiger charge is -2.20. The monoisotopic (exact) mass is 216 g/mol. The van der Waals surface area contributed by atoms with Crippen LogP contribution in [-0.2, 0) is 0 Å². The van der Waals surface area contributed by atoms with Gasteiger partial charge in [0.05, 0.1) is 0 Å². The van der Waals surface area contributed by atoms with Crippen LogP contribution in [0.3, 0.4) is 0 Å². The molecule has 0 heterocycles. The summed E-state index contributed by atoms with van der Waals surface area (Å²) in [7, 11) is 0. The number of benzene rings is 1. The van der Waals surface area contributed by atoms with Crippen LogP contribution in [0.1, 0.15) is 38.7 Å². The van der Waals surface area contributed by atoms with Crippen molar-refractivity contribution in [2.45, 2.75) is 33.1 Å². The van der Waals surface area contributed by atoms with Gasteiger partial charge in [-0.15, -0.1) is 0 Å². The lowest BCUT2D eigenvalue weighted by molar-refractivity contribution is 0.429. The molecule has 0 bridgehead atoms. The molecule has 0 saturated carbocycles. The Hall–Kier alpha value is -0.990. The van der Waals surface area contributed by atoms with Crippen molar-refractivity contribution >= 4 is 0 Å². The van der Waals surface area contributed by atoms with Crippen molar-refractivity contribution in [1.82, 2.24) is 0 Å². The fourth-order valence-corrected chi connectivity index (χ4v) is 1.92. The van der Waals surface area contributed by atoms with Crippen LogP contribution in [0.2, 0.25) is 0 Å². The zero-order chi connectivity index (χ0) is 11.6. The van der Waals surface area contributed by atoms with Crippen molar-refractivity contribution in [3.05, 3.63) is 35.1 Å².